The first-order chi connectivity index (χ1) is 9.32. The van der Waals surface area contributed by atoms with E-state index in [2.05, 4.69) is 10.3 Å². The fourth-order valence-electron chi connectivity index (χ4n) is 1.85. The molecule has 0 aliphatic rings. The first kappa shape index (κ1) is 14.2. The van der Waals surface area contributed by atoms with E-state index in [4.69, 9.17) is 5.73 Å². The van der Waals surface area contributed by atoms with Crippen molar-refractivity contribution in [1.82, 2.24) is 10.3 Å². The number of halogens is 1. The highest BCUT2D eigenvalue weighted by atomic mass is 19.1. The summed E-state index contributed by atoms with van der Waals surface area (Å²) in [5, 5.41) is 3.23. The Balaban J connectivity index is 2.54. The second-order valence-electron chi connectivity index (χ2n) is 5.28. The van der Waals surface area contributed by atoms with Gasteiger partial charge in [-0.3, -0.25) is 9.59 Å². The van der Waals surface area contributed by atoms with Crippen molar-refractivity contribution in [2.75, 3.05) is 6.54 Å². The zero-order valence-corrected chi connectivity index (χ0v) is 11.3. The Hall–Kier alpha value is -2.21. The monoisotopic (exact) mass is 277 g/mol. The van der Waals surface area contributed by atoms with Crippen molar-refractivity contribution < 1.29 is 9.18 Å². The molecule has 0 aliphatic carbocycles. The number of fused-ring (bicyclic) bond motifs is 1. The lowest BCUT2D eigenvalue weighted by Crippen LogP contribution is -2.49. The molecule has 0 spiro atoms. The van der Waals surface area contributed by atoms with Crippen LogP contribution in [-0.4, -0.2) is 23.0 Å². The molecular weight excluding hydrogens is 261 g/mol. The lowest BCUT2D eigenvalue weighted by Gasteiger charge is -2.24. The largest absolute Gasteiger partial charge is 0.346 e. The average molecular weight is 277 g/mol. The van der Waals surface area contributed by atoms with Gasteiger partial charge in [-0.05, 0) is 32.0 Å². The molecule has 0 aliphatic heterocycles. The maximum absolute atomic E-state index is 13.2. The standard InChI is InChI=1S/C14H16FN3O2/c1-14(2,7-16)18-13(20)10-6-12(19)17-11-5-8(15)3-4-9(10)11/h3-6H,7,16H2,1-2H3,(H,17,19)(H,18,20). The summed E-state index contributed by atoms with van der Waals surface area (Å²) in [5.41, 5.74) is 5.00. The molecule has 0 radical (unpaired) electrons. The van der Waals surface area contributed by atoms with Crippen LogP contribution in [0.4, 0.5) is 4.39 Å². The summed E-state index contributed by atoms with van der Waals surface area (Å²) in [6.45, 7) is 3.81. The lowest BCUT2D eigenvalue weighted by atomic mass is 10.0. The summed E-state index contributed by atoms with van der Waals surface area (Å²) in [6.07, 6.45) is 0. The number of pyridine rings is 1. The predicted octanol–water partition coefficient (Wildman–Crippen LogP) is 1.13. The van der Waals surface area contributed by atoms with Crippen LogP contribution in [0.1, 0.15) is 24.2 Å². The third kappa shape index (κ3) is 2.85. The van der Waals surface area contributed by atoms with Crippen molar-refractivity contribution in [3.63, 3.8) is 0 Å². The molecule has 5 nitrogen and oxygen atoms in total. The van der Waals surface area contributed by atoms with Crippen LogP contribution in [0, 0.1) is 5.82 Å². The van der Waals surface area contributed by atoms with Gasteiger partial charge in [0.15, 0.2) is 0 Å². The average Bonchev–Trinajstić information content (AvgIpc) is 2.36. The first-order valence-electron chi connectivity index (χ1n) is 6.17. The van der Waals surface area contributed by atoms with Crippen LogP contribution in [-0.2, 0) is 0 Å². The van der Waals surface area contributed by atoms with Crippen molar-refractivity contribution in [2.24, 2.45) is 5.73 Å². The minimum absolute atomic E-state index is 0.199. The molecule has 2 aromatic rings. The van der Waals surface area contributed by atoms with Gasteiger partial charge in [0, 0.05) is 23.5 Å². The molecule has 106 valence electrons. The first-order valence-corrected chi connectivity index (χ1v) is 6.17. The summed E-state index contributed by atoms with van der Waals surface area (Å²) >= 11 is 0. The van der Waals surface area contributed by atoms with Crippen LogP contribution >= 0.6 is 0 Å². The van der Waals surface area contributed by atoms with Crippen LogP contribution in [0.25, 0.3) is 10.9 Å². The molecule has 0 unspecified atom stereocenters. The number of benzene rings is 1. The molecule has 6 heteroatoms. The summed E-state index contributed by atoms with van der Waals surface area (Å²) in [4.78, 5) is 26.3. The van der Waals surface area contributed by atoms with E-state index >= 15 is 0 Å². The number of amides is 1. The highest BCUT2D eigenvalue weighted by Crippen LogP contribution is 2.17. The highest BCUT2D eigenvalue weighted by Gasteiger charge is 2.21. The molecule has 1 amide bonds. The highest BCUT2D eigenvalue weighted by molar-refractivity contribution is 6.06. The van der Waals surface area contributed by atoms with Gasteiger partial charge in [-0.25, -0.2) is 4.39 Å². The Morgan fingerprint density at radius 3 is 2.75 bits per heavy atom. The number of carbonyl (C=O) groups excluding carboxylic acids is 1. The van der Waals surface area contributed by atoms with Crippen LogP contribution in [0.2, 0.25) is 0 Å². The predicted molar refractivity (Wildman–Crippen MR) is 75.1 cm³/mol. The zero-order chi connectivity index (χ0) is 14.9. The van der Waals surface area contributed by atoms with E-state index < -0.39 is 22.8 Å². The van der Waals surface area contributed by atoms with Gasteiger partial charge in [0.05, 0.1) is 11.1 Å². The summed E-state index contributed by atoms with van der Waals surface area (Å²) in [5.74, 6) is -0.892. The fraction of sp³-hybridized carbons (Fsp3) is 0.286. The van der Waals surface area contributed by atoms with E-state index in [1.54, 1.807) is 13.8 Å². The van der Waals surface area contributed by atoms with Gasteiger partial charge in [-0.15, -0.1) is 0 Å². The maximum Gasteiger partial charge on any atom is 0.252 e. The molecule has 0 saturated carbocycles. The summed E-state index contributed by atoms with van der Waals surface area (Å²) in [7, 11) is 0. The number of aromatic nitrogens is 1. The quantitative estimate of drug-likeness (QED) is 0.786. The Labute approximate surface area is 115 Å². The third-order valence-electron chi connectivity index (χ3n) is 3.01. The fourth-order valence-corrected chi connectivity index (χ4v) is 1.85. The number of carbonyl (C=O) groups is 1. The molecule has 1 aromatic carbocycles. The van der Waals surface area contributed by atoms with Gasteiger partial charge in [0.2, 0.25) is 5.56 Å². The van der Waals surface area contributed by atoms with Crippen molar-refractivity contribution in [2.45, 2.75) is 19.4 Å². The molecule has 0 fully saturated rings. The van der Waals surface area contributed by atoms with E-state index in [9.17, 15) is 14.0 Å². The van der Waals surface area contributed by atoms with Crippen LogP contribution in [0.15, 0.2) is 29.1 Å². The number of nitrogens with one attached hydrogen (secondary N) is 2. The molecule has 1 aromatic heterocycles. The third-order valence-corrected chi connectivity index (χ3v) is 3.01. The minimum atomic E-state index is -0.591. The molecule has 2 rings (SSSR count). The lowest BCUT2D eigenvalue weighted by molar-refractivity contribution is 0.0917. The summed E-state index contributed by atoms with van der Waals surface area (Å²) in [6, 6.07) is 5.08. The second-order valence-corrected chi connectivity index (χ2v) is 5.28. The van der Waals surface area contributed by atoms with Crippen LogP contribution < -0.4 is 16.6 Å². The SMILES string of the molecule is CC(C)(CN)NC(=O)c1cc(=O)[nH]c2cc(F)ccc12. The number of H-pyrrole nitrogens is 1. The van der Waals surface area contributed by atoms with E-state index in [0.29, 0.717) is 5.39 Å². The molecule has 0 atom stereocenters. The van der Waals surface area contributed by atoms with Gasteiger partial charge in [0.1, 0.15) is 5.82 Å². The van der Waals surface area contributed by atoms with Crippen molar-refractivity contribution >= 4 is 16.8 Å². The van der Waals surface area contributed by atoms with Gasteiger partial charge >= 0.3 is 0 Å². The van der Waals surface area contributed by atoms with Crippen molar-refractivity contribution in [3.05, 3.63) is 46.0 Å². The number of aromatic amines is 1. The number of hydrogen-bond donors (Lipinski definition) is 3. The van der Waals surface area contributed by atoms with Crippen LogP contribution in [0.3, 0.4) is 0 Å². The smallest absolute Gasteiger partial charge is 0.252 e. The van der Waals surface area contributed by atoms with E-state index in [-0.39, 0.29) is 17.6 Å². The van der Waals surface area contributed by atoms with Gasteiger partial charge in [-0.2, -0.15) is 0 Å². The van der Waals surface area contributed by atoms with Gasteiger partial charge in [-0.1, -0.05) is 0 Å². The topological polar surface area (TPSA) is 88.0 Å². The zero-order valence-electron chi connectivity index (χ0n) is 11.3. The Bertz CT molecular complexity index is 722. The second kappa shape index (κ2) is 5.05. The number of rotatable bonds is 3. The van der Waals surface area contributed by atoms with E-state index in [1.165, 1.54) is 24.3 Å². The molecule has 0 bridgehead atoms. The molecule has 0 saturated heterocycles. The maximum atomic E-state index is 13.2. The molecule has 1 heterocycles. The molecule has 4 N–H and O–H groups in total. The van der Waals surface area contributed by atoms with Gasteiger partial charge in [0.25, 0.3) is 5.91 Å². The summed E-state index contributed by atoms with van der Waals surface area (Å²) < 4.78 is 13.2. The number of hydrogen-bond acceptors (Lipinski definition) is 3. The van der Waals surface area contributed by atoms with E-state index in [0.717, 1.165) is 0 Å². The van der Waals surface area contributed by atoms with E-state index in [1.807, 2.05) is 0 Å². The van der Waals surface area contributed by atoms with Crippen molar-refractivity contribution in [1.29, 1.82) is 0 Å². The molecule has 20 heavy (non-hydrogen) atoms. The minimum Gasteiger partial charge on any atom is -0.346 e. The Kier molecular flexibility index (Phi) is 3.59. The van der Waals surface area contributed by atoms with Gasteiger partial charge < -0.3 is 16.0 Å². The molecular formula is C14H16FN3O2. The Morgan fingerprint density at radius 1 is 1.40 bits per heavy atom. The normalized spacial score (nSPS) is 11.6. The number of nitrogens with two attached hydrogens (primary N) is 1. The van der Waals surface area contributed by atoms with Crippen LogP contribution in [0.5, 0.6) is 0 Å². The van der Waals surface area contributed by atoms with Crippen molar-refractivity contribution in [3.8, 4) is 0 Å². The Morgan fingerprint density at radius 2 is 2.10 bits per heavy atom.